The number of nitrogens with one attached hydrogen (secondary N) is 3. The first-order chi connectivity index (χ1) is 21.7. The fourth-order valence-corrected chi connectivity index (χ4v) is 7.50. The van der Waals surface area contributed by atoms with Crippen molar-refractivity contribution in [3.8, 4) is 0 Å². The van der Waals surface area contributed by atoms with Crippen molar-refractivity contribution in [2.45, 2.75) is 75.9 Å². The van der Waals surface area contributed by atoms with Gasteiger partial charge in [0, 0.05) is 25.0 Å². The van der Waals surface area contributed by atoms with Gasteiger partial charge in [-0.2, -0.15) is 9.40 Å². The second kappa shape index (κ2) is 14.9. The molecule has 1 amide bonds. The number of amides is 1. The third-order valence-electron chi connectivity index (χ3n) is 8.26. The molecule has 45 heavy (non-hydrogen) atoms. The first-order valence-corrected chi connectivity index (χ1v) is 17.2. The molecule has 13 heteroatoms. The fraction of sp³-hybridized carbons (Fsp3) is 0.562. The smallest absolute Gasteiger partial charge is 0.407 e. The molecule has 5 rings (SSSR count). The van der Waals surface area contributed by atoms with Crippen LogP contribution in [0.15, 0.2) is 53.4 Å². The van der Waals surface area contributed by atoms with E-state index in [0.717, 1.165) is 36.9 Å². The molecule has 0 unspecified atom stereocenters. The van der Waals surface area contributed by atoms with Crippen molar-refractivity contribution in [2.24, 2.45) is 11.8 Å². The molecule has 0 aliphatic carbocycles. The van der Waals surface area contributed by atoms with Crippen LogP contribution in [-0.2, 0) is 30.7 Å². The van der Waals surface area contributed by atoms with Crippen LogP contribution in [0.2, 0.25) is 0 Å². The molecule has 0 bridgehead atoms. The molecule has 5 atom stereocenters. The number of ether oxygens (including phenoxy) is 3. The number of aromatic amines is 1. The molecule has 0 saturated carbocycles. The molecule has 2 fully saturated rings. The van der Waals surface area contributed by atoms with Gasteiger partial charge in [-0.25, -0.2) is 13.2 Å². The second-order valence-corrected chi connectivity index (χ2v) is 14.2. The van der Waals surface area contributed by atoms with Crippen molar-refractivity contribution in [1.29, 1.82) is 0 Å². The van der Waals surface area contributed by atoms with E-state index in [-0.39, 0.29) is 49.1 Å². The first kappa shape index (κ1) is 33.1. The maximum Gasteiger partial charge on any atom is 0.407 e. The van der Waals surface area contributed by atoms with Gasteiger partial charge < -0.3 is 30.0 Å². The SMILES string of the molecule is CCCCNc1n[nH]c2ccc(S(=O)(=O)N(CC(C)C)C[C@@H](O)[C@H](Cc3ccccc3)NC(=O)O[C@H]3CO[C@H]4OCC[C@H]43)cc12. The lowest BCUT2D eigenvalue weighted by Gasteiger charge is -2.31. The topological polar surface area (TPSA) is 155 Å². The number of sulfonamides is 1. The zero-order chi connectivity index (χ0) is 32.0. The average Bonchev–Trinajstić information content (AvgIpc) is 3.74. The number of carbonyl (C=O) groups is 1. The molecule has 246 valence electrons. The Morgan fingerprint density at radius 2 is 1.98 bits per heavy atom. The maximum absolute atomic E-state index is 14.1. The monoisotopic (exact) mass is 643 g/mol. The van der Waals surface area contributed by atoms with Crippen molar-refractivity contribution < 1.29 is 32.5 Å². The number of H-pyrrole nitrogens is 1. The molecule has 3 heterocycles. The number of fused-ring (bicyclic) bond motifs is 2. The Hall–Kier alpha value is -3.23. The number of carbonyl (C=O) groups excluding carboxylic acids is 1. The van der Waals surface area contributed by atoms with Crippen molar-refractivity contribution in [1.82, 2.24) is 19.8 Å². The summed E-state index contributed by atoms with van der Waals surface area (Å²) in [5.74, 6) is 0.542. The van der Waals surface area contributed by atoms with Crippen LogP contribution >= 0.6 is 0 Å². The number of anilines is 1. The fourth-order valence-electron chi connectivity index (χ4n) is 5.86. The van der Waals surface area contributed by atoms with Gasteiger partial charge in [-0.3, -0.25) is 5.10 Å². The lowest BCUT2D eigenvalue weighted by atomic mass is 10.0. The minimum atomic E-state index is -4.04. The molecular formula is C32H45N5O7S. The summed E-state index contributed by atoms with van der Waals surface area (Å²) in [7, 11) is -4.04. The van der Waals surface area contributed by atoms with E-state index < -0.39 is 34.4 Å². The highest BCUT2D eigenvalue weighted by atomic mass is 32.2. The number of aromatic nitrogens is 2. The van der Waals surface area contributed by atoms with E-state index in [0.29, 0.717) is 17.8 Å². The number of alkyl carbamates (subject to hydrolysis) is 1. The van der Waals surface area contributed by atoms with Gasteiger partial charge in [-0.05, 0) is 48.9 Å². The molecule has 1 aromatic heterocycles. The average molecular weight is 644 g/mol. The highest BCUT2D eigenvalue weighted by molar-refractivity contribution is 7.89. The molecule has 12 nitrogen and oxygen atoms in total. The molecule has 0 spiro atoms. The van der Waals surface area contributed by atoms with E-state index in [4.69, 9.17) is 14.2 Å². The van der Waals surface area contributed by atoms with E-state index >= 15 is 0 Å². The number of benzene rings is 2. The molecular weight excluding hydrogens is 598 g/mol. The van der Waals surface area contributed by atoms with Gasteiger partial charge in [0.05, 0.1) is 41.7 Å². The normalized spacial score (nSPS) is 21.2. The van der Waals surface area contributed by atoms with Crippen LogP contribution in [-0.4, -0.2) is 91.5 Å². The van der Waals surface area contributed by atoms with Gasteiger partial charge in [-0.1, -0.05) is 57.5 Å². The van der Waals surface area contributed by atoms with Gasteiger partial charge in [0.1, 0.15) is 6.10 Å². The van der Waals surface area contributed by atoms with Crippen molar-refractivity contribution >= 4 is 32.8 Å². The standard InChI is InChI=1S/C32H45N5O7S/c1-4-5-14-33-30-25-17-23(11-12-26(25)35-36-30)45(40,41)37(18-21(2)3)19-28(38)27(16-22-9-7-6-8-10-22)34-32(39)44-29-20-43-31-24(29)13-15-42-31/h6-12,17,21,24,27-29,31,38H,4-5,13-16,18-20H2,1-3H3,(H,34,39)(H2,33,35,36)/t24-,27-,28+,29-,31+/m0/s1. The molecule has 2 aliphatic rings. The summed E-state index contributed by atoms with van der Waals surface area (Å²) in [6, 6.07) is 13.5. The molecule has 4 N–H and O–H groups in total. The van der Waals surface area contributed by atoms with Crippen LogP contribution in [0.3, 0.4) is 0 Å². The quantitative estimate of drug-likeness (QED) is 0.181. The Morgan fingerprint density at radius 3 is 2.73 bits per heavy atom. The molecule has 3 aromatic rings. The maximum atomic E-state index is 14.1. The first-order valence-electron chi connectivity index (χ1n) is 15.8. The number of rotatable bonds is 15. The summed E-state index contributed by atoms with van der Waals surface area (Å²) in [4.78, 5) is 13.2. The predicted molar refractivity (Wildman–Crippen MR) is 170 cm³/mol. The van der Waals surface area contributed by atoms with Crippen LogP contribution in [0.25, 0.3) is 10.9 Å². The largest absolute Gasteiger partial charge is 0.443 e. The van der Waals surface area contributed by atoms with Gasteiger partial charge in [-0.15, -0.1) is 0 Å². The summed E-state index contributed by atoms with van der Waals surface area (Å²) in [5.41, 5.74) is 1.60. The van der Waals surface area contributed by atoms with Crippen molar-refractivity contribution in [2.75, 3.05) is 38.2 Å². The van der Waals surface area contributed by atoms with Crippen LogP contribution in [0.5, 0.6) is 0 Å². The zero-order valence-corrected chi connectivity index (χ0v) is 27.0. The van der Waals surface area contributed by atoms with Crippen molar-refractivity contribution in [3.05, 3.63) is 54.1 Å². The highest BCUT2D eigenvalue weighted by Gasteiger charge is 2.44. The van der Waals surface area contributed by atoms with Crippen LogP contribution in [0.4, 0.5) is 10.6 Å². The van der Waals surface area contributed by atoms with E-state index in [9.17, 15) is 18.3 Å². The van der Waals surface area contributed by atoms with Gasteiger partial charge >= 0.3 is 6.09 Å². The number of aliphatic hydroxyl groups is 1. The van der Waals surface area contributed by atoms with Crippen molar-refractivity contribution in [3.63, 3.8) is 0 Å². The Bertz CT molecular complexity index is 1520. The number of hydrogen-bond donors (Lipinski definition) is 4. The van der Waals surface area contributed by atoms with Crippen LogP contribution in [0.1, 0.15) is 45.6 Å². The van der Waals surface area contributed by atoms with Crippen LogP contribution in [0, 0.1) is 11.8 Å². The Morgan fingerprint density at radius 1 is 1.18 bits per heavy atom. The molecule has 2 aliphatic heterocycles. The Kier molecular flexibility index (Phi) is 11.0. The second-order valence-electron chi connectivity index (χ2n) is 12.3. The summed E-state index contributed by atoms with van der Waals surface area (Å²) in [6.45, 7) is 7.40. The van der Waals surface area contributed by atoms with Gasteiger partial charge in [0.15, 0.2) is 12.1 Å². The third-order valence-corrected chi connectivity index (χ3v) is 10.1. The zero-order valence-electron chi connectivity index (χ0n) is 26.1. The van der Waals surface area contributed by atoms with E-state index in [2.05, 4.69) is 27.8 Å². The minimum absolute atomic E-state index is 0.0228. The number of aliphatic hydroxyl groups excluding tert-OH is 1. The van der Waals surface area contributed by atoms with E-state index in [1.807, 2.05) is 44.2 Å². The third kappa shape index (κ3) is 8.14. The predicted octanol–water partition coefficient (Wildman–Crippen LogP) is 3.88. The minimum Gasteiger partial charge on any atom is -0.443 e. The van der Waals surface area contributed by atoms with Crippen LogP contribution < -0.4 is 10.6 Å². The number of nitrogens with zero attached hydrogens (tertiary/aromatic N) is 2. The van der Waals surface area contributed by atoms with E-state index in [1.165, 1.54) is 4.31 Å². The lowest BCUT2D eigenvalue weighted by Crippen LogP contribution is -2.51. The molecule has 2 aromatic carbocycles. The highest BCUT2D eigenvalue weighted by Crippen LogP contribution is 2.33. The lowest BCUT2D eigenvalue weighted by molar-refractivity contribution is -0.0907. The van der Waals surface area contributed by atoms with Gasteiger partial charge in [0.25, 0.3) is 0 Å². The Labute approximate surface area is 264 Å². The number of unbranched alkanes of at least 4 members (excludes halogenated alkanes) is 1. The van der Waals surface area contributed by atoms with Gasteiger partial charge in [0.2, 0.25) is 10.0 Å². The van der Waals surface area contributed by atoms with E-state index in [1.54, 1.807) is 18.2 Å². The summed E-state index contributed by atoms with van der Waals surface area (Å²) < 4.78 is 46.4. The summed E-state index contributed by atoms with van der Waals surface area (Å²) >= 11 is 0. The summed E-state index contributed by atoms with van der Waals surface area (Å²) in [6.07, 6.45) is 0.238. The number of hydrogen-bond acceptors (Lipinski definition) is 9. The molecule has 2 saturated heterocycles. The Balaban J connectivity index is 1.35. The molecule has 0 radical (unpaired) electrons. The summed E-state index contributed by atoms with van der Waals surface area (Å²) in [5, 5.41) is 25.6.